The van der Waals surface area contributed by atoms with E-state index >= 15 is 0 Å². The van der Waals surface area contributed by atoms with Gasteiger partial charge in [0.1, 0.15) is 6.54 Å². The number of nitrogens with zero attached hydrogens (tertiary/aromatic N) is 5. The minimum absolute atomic E-state index is 0.0986. The smallest absolute Gasteiger partial charge is 0.294 e. The van der Waals surface area contributed by atoms with Gasteiger partial charge in [-0.1, -0.05) is 39.0 Å². The molecule has 2 aliphatic rings. The van der Waals surface area contributed by atoms with Crippen LogP contribution in [0, 0.1) is 10.8 Å². The Balaban J connectivity index is 1.43. The Hall–Kier alpha value is -3.00. The molecule has 4 heterocycles. The summed E-state index contributed by atoms with van der Waals surface area (Å²) in [5.41, 5.74) is 1.95. The maximum absolute atomic E-state index is 13.8. The molecule has 1 aliphatic heterocycles. The van der Waals surface area contributed by atoms with Crippen molar-refractivity contribution in [2.24, 2.45) is 10.8 Å². The van der Waals surface area contributed by atoms with Crippen LogP contribution >= 0.6 is 11.3 Å². The van der Waals surface area contributed by atoms with E-state index in [9.17, 15) is 4.79 Å². The molecule has 0 unspecified atom stereocenters. The van der Waals surface area contributed by atoms with Crippen molar-refractivity contribution in [1.82, 2.24) is 19.7 Å². The van der Waals surface area contributed by atoms with Crippen molar-refractivity contribution >= 4 is 28.2 Å². The van der Waals surface area contributed by atoms with E-state index in [-0.39, 0.29) is 22.9 Å². The molecule has 1 aliphatic carbocycles. The zero-order chi connectivity index (χ0) is 22.8. The molecule has 0 spiro atoms. The van der Waals surface area contributed by atoms with Crippen LogP contribution in [0.25, 0.3) is 21.8 Å². The molecule has 2 bridgehead atoms. The lowest BCUT2D eigenvalue weighted by Gasteiger charge is -2.39. The molecule has 6 rings (SSSR count). The summed E-state index contributed by atoms with van der Waals surface area (Å²) in [7, 11) is 0. The molecule has 4 aromatic rings. The van der Waals surface area contributed by atoms with Gasteiger partial charge in [-0.3, -0.25) is 9.36 Å². The molecule has 8 heteroatoms. The summed E-state index contributed by atoms with van der Waals surface area (Å²) < 4.78 is 7.64. The fourth-order valence-corrected chi connectivity index (χ4v) is 6.83. The van der Waals surface area contributed by atoms with E-state index in [0.717, 1.165) is 35.3 Å². The summed E-state index contributed by atoms with van der Waals surface area (Å²) in [6.07, 6.45) is 3.35. The molecular weight excluding hydrogens is 434 g/mol. The molecule has 2 fully saturated rings. The summed E-state index contributed by atoms with van der Waals surface area (Å²) in [4.78, 5) is 21.9. The van der Waals surface area contributed by atoms with Gasteiger partial charge < -0.3 is 9.32 Å². The minimum Gasteiger partial charge on any atom is -0.418 e. The van der Waals surface area contributed by atoms with Crippen molar-refractivity contribution in [3.63, 3.8) is 0 Å². The van der Waals surface area contributed by atoms with Crippen LogP contribution in [0.1, 0.15) is 45.9 Å². The van der Waals surface area contributed by atoms with Crippen molar-refractivity contribution in [2.45, 2.75) is 52.6 Å². The normalized spacial score (nSPS) is 24.0. The zero-order valence-corrected chi connectivity index (χ0v) is 19.9. The van der Waals surface area contributed by atoms with E-state index in [1.807, 2.05) is 41.8 Å². The fourth-order valence-electron chi connectivity index (χ4n) is 6.18. The van der Waals surface area contributed by atoms with Crippen LogP contribution in [0.3, 0.4) is 0 Å². The molecule has 3 aromatic heterocycles. The first kappa shape index (κ1) is 20.6. The molecule has 1 aromatic carbocycles. The number of thiophene rings is 1. The minimum atomic E-state index is -0.0986. The number of anilines is 1. The van der Waals surface area contributed by atoms with E-state index in [2.05, 4.69) is 35.9 Å². The standard InChI is InChI=1S/C25H27N5O2S/c1-24(2)11-16-12-25(3,14-24)15-30(16)21-23(31)29(18-8-5-4-7-17(18)26-21)13-20-27-28-22(32-20)19-9-6-10-33-19/h4-10,16H,11-15H2,1-3H3/t16-,25-/m1/s1. The fraction of sp³-hybridized carbons (Fsp3) is 0.440. The first-order valence-electron chi connectivity index (χ1n) is 11.4. The quantitative estimate of drug-likeness (QED) is 0.427. The number of fused-ring (bicyclic) bond motifs is 3. The molecule has 7 nitrogen and oxygen atoms in total. The van der Waals surface area contributed by atoms with Gasteiger partial charge in [0.05, 0.1) is 15.9 Å². The predicted octanol–water partition coefficient (Wildman–Crippen LogP) is 4.96. The Morgan fingerprint density at radius 2 is 1.97 bits per heavy atom. The van der Waals surface area contributed by atoms with E-state index in [1.165, 1.54) is 6.42 Å². The van der Waals surface area contributed by atoms with E-state index < -0.39 is 0 Å². The lowest BCUT2D eigenvalue weighted by Crippen LogP contribution is -2.38. The number of para-hydroxylation sites is 2. The number of hydrogen-bond donors (Lipinski definition) is 0. The average molecular weight is 462 g/mol. The van der Waals surface area contributed by atoms with Gasteiger partial charge in [-0.05, 0) is 53.7 Å². The van der Waals surface area contributed by atoms with Gasteiger partial charge in [-0.25, -0.2) is 4.98 Å². The summed E-state index contributed by atoms with van der Waals surface area (Å²) >= 11 is 1.55. The third kappa shape index (κ3) is 3.57. The van der Waals surface area contributed by atoms with Crippen LogP contribution in [0.5, 0.6) is 0 Å². The van der Waals surface area contributed by atoms with Crippen LogP contribution < -0.4 is 10.5 Å². The van der Waals surface area contributed by atoms with Gasteiger partial charge in [0.25, 0.3) is 11.4 Å². The monoisotopic (exact) mass is 461 g/mol. The zero-order valence-electron chi connectivity index (χ0n) is 19.1. The largest absolute Gasteiger partial charge is 0.418 e. The highest BCUT2D eigenvalue weighted by Crippen LogP contribution is 2.53. The lowest BCUT2D eigenvalue weighted by molar-refractivity contribution is 0.136. The second kappa shape index (κ2) is 7.25. The van der Waals surface area contributed by atoms with Crippen molar-refractivity contribution in [1.29, 1.82) is 0 Å². The second-order valence-corrected chi connectivity index (χ2v) is 11.6. The summed E-state index contributed by atoms with van der Waals surface area (Å²) in [5.74, 6) is 1.43. The molecule has 33 heavy (non-hydrogen) atoms. The Morgan fingerprint density at radius 1 is 1.12 bits per heavy atom. The average Bonchev–Trinajstić information content (AvgIpc) is 3.48. The Morgan fingerprint density at radius 3 is 2.79 bits per heavy atom. The molecule has 2 atom stereocenters. The molecule has 0 N–H and O–H groups in total. The van der Waals surface area contributed by atoms with Crippen molar-refractivity contribution < 1.29 is 4.42 Å². The van der Waals surface area contributed by atoms with Crippen molar-refractivity contribution in [3.8, 4) is 10.8 Å². The summed E-state index contributed by atoms with van der Waals surface area (Å²) in [6.45, 7) is 8.12. The number of rotatable bonds is 4. The first-order chi connectivity index (χ1) is 15.8. The first-order valence-corrected chi connectivity index (χ1v) is 12.3. The van der Waals surface area contributed by atoms with Gasteiger partial charge in [-0.2, -0.15) is 0 Å². The van der Waals surface area contributed by atoms with Crippen LogP contribution in [0.4, 0.5) is 5.82 Å². The van der Waals surface area contributed by atoms with E-state index in [4.69, 9.17) is 9.40 Å². The lowest BCUT2D eigenvalue weighted by atomic mass is 9.65. The van der Waals surface area contributed by atoms with Crippen LogP contribution in [-0.2, 0) is 6.54 Å². The number of hydrogen-bond acceptors (Lipinski definition) is 7. The van der Waals surface area contributed by atoms with Crippen LogP contribution in [0.2, 0.25) is 0 Å². The molecule has 1 saturated carbocycles. The van der Waals surface area contributed by atoms with Crippen LogP contribution in [-0.4, -0.2) is 32.3 Å². The molecule has 1 saturated heterocycles. The van der Waals surface area contributed by atoms with Gasteiger partial charge in [0, 0.05) is 12.6 Å². The Labute approximate surface area is 196 Å². The molecular formula is C25H27N5O2S. The third-order valence-electron chi connectivity index (χ3n) is 7.01. The Bertz CT molecular complexity index is 1390. The molecule has 0 radical (unpaired) electrons. The SMILES string of the molecule is CC1(C)C[C@@H]2C[C@@](C)(CN2c2nc3ccccc3n(Cc3nnc(-c4cccs4)o3)c2=O)C1. The van der Waals surface area contributed by atoms with Crippen molar-refractivity contribution in [2.75, 3.05) is 11.4 Å². The van der Waals surface area contributed by atoms with Gasteiger partial charge in [0.15, 0.2) is 5.82 Å². The summed E-state index contributed by atoms with van der Waals surface area (Å²) in [5, 5.41) is 10.4. The van der Waals surface area contributed by atoms with Gasteiger partial charge >= 0.3 is 0 Å². The second-order valence-electron chi connectivity index (χ2n) is 10.6. The number of aromatic nitrogens is 4. The highest BCUT2D eigenvalue weighted by Gasteiger charge is 2.50. The van der Waals surface area contributed by atoms with Gasteiger partial charge in [0.2, 0.25) is 5.89 Å². The van der Waals surface area contributed by atoms with Crippen molar-refractivity contribution in [3.05, 3.63) is 58.0 Å². The highest BCUT2D eigenvalue weighted by molar-refractivity contribution is 7.13. The number of benzene rings is 1. The van der Waals surface area contributed by atoms with Crippen LogP contribution in [0.15, 0.2) is 51.0 Å². The Kier molecular flexibility index (Phi) is 4.52. The van der Waals surface area contributed by atoms with Gasteiger partial charge in [-0.15, -0.1) is 21.5 Å². The maximum Gasteiger partial charge on any atom is 0.294 e. The summed E-state index contributed by atoms with van der Waals surface area (Å²) in [6, 6.07) is 12.0. The predicted molar refractivity (Wildman–Crippen MR) is 130 cm³/mol. The maximum atomic E-state index is 13.8. The highest BCUT2D eigenvalue weighted by atomic mass is 32.1. The van der Waals surface area contributed by atoms with E-state index in [1.54, 1.807) is 15.9 Å². The molecule has 170 valence electrons. The topological polar surface area (TPSA) is 77.1 Å². The van der Waals surface area contributed by atoms with E-state index in [0.29, 0.717) is 23.6 Å². The molecule has 0 amide bonds. The third-order valence-corrected chi connectivity index (χ3v) is 7.87.